The molecule has 0 aliphatic carbocycles. The summed E-state index contributed by atoms with van der Waals surface area (Å²) in [6.45, 7) is 0.316. The SMILES string of the molecule is NC(=NCc1cc(-c2ccc(Cl)cc2)n(-c2ccc(Cl)cc2)n1)NSc1cccc(Cl)c1. The lowest BCUT2D eigenvalue weighted by Gasteiger charge is -2.08. The van der Waals surface area contributed by atoms with E-state index in [9.17, 15) is 0 Å². The van der Waals surface area contributed by atoms with E-state index in [2.05, 4.69) is 9.71 Å². The first-order chi connectivity index (χ1) is 15.5. The standard InChI is InChI=1S/C23H18Cl3N5S/c24-16-6-4-15(5-7-16)22-13-19(29-31(22)20-10-8-17(25)9-11-20)14-28-23(27)30-32-21-3-1-2-18(26)12-21/h1-13H,14H2,(H3,27,28,30). The predicted molar refractivity (Wildman–Crippen MR) is 135 cm³/mol. The summed E-state index contributed by atoms with van der Waals surface area (Å²) >= 11 is 19.5. The highest BCUT2D eigenvalue weighted by molar-refractivity contribution is 7.98. The van der Waals surface area contributed by atoms with Gasteiger partial charge in [-0.15, -0.1) is 0 Å². The molecule has 5 nitrogen and oxygen atoms in total. The summed E-state index contributed by atoms with van der Waals surface area (Å²) in [5, 5.41) is 6.73. The molecular formula is C23H18Cl3N5S. The summed E-state index contributed by atoms with van der Waals surface area (Å²) in [4.78, 5) is 5.35. The Labute approximate surface area is 205 Å². The van der Waals surface area contributed by atoms with Gasteiger partial charge in [0.2, 0.25) is 0 Å². The van der Waals surface area contributed by atoms with Gasteiger partial charge in [-0.25, -0.2) is 9.67 Å². The van der Waals surface area contributed by atoms with E-state index < -0.39 is 0 Å². The highest BCUT2D eigenvalue weighted by atomic mass is 35.5. The van der Waals surface area contributed by atoms with Crippen LogP contribution in [0.4, 0.5) is 0 Å². The molecule has 3 aromatic carbocycles. The van der Waals surface area contributed by atoms with Gasteiger partial charge < -0.3 is 5.73 Å². The quantitative estimate of drug-likeness (QED) is 0.177. The van der Waals surface area contributed by atoms with Crippen LogP contribution in [0.5, 0.6) is 0 Å². The molecule has 0 unspecified atom stereocenters. The van der Waals surface area contributed by atoms with Crippen LogP contribution in [0, 0.1) is 0 Å². The number of hydrogen-bond donors (Lipinski definition) is 2. The fourth-order valence-electron chi connectivity index (χ4n) is 2.95. The number of nitrogens with two attached hydrogens (primary N) is 1. The average Bonchev–Trinajstić information content (AvgIpc) is 3.21. The minimum Gasteiger partial charge on any atom is -0.369 e. The average molecular weight is 503 g/mol. The molecule has 32 heavy (non-hydrogen) atoms. The Bertz CT molecular complexity index is 1170. The van der Waals surface area contributed by atoms with Crippen molar-refractivity contribution < 1.29 is 0 Å². The third-order valence-corrected chi connectivity index (χ3v) is 5.99. The lowest BCUT2D eigenvalue weighted by Crippen LogP contribution is -2.25. The Morgan fingerprint density at radius 1 is 0.906 bits per heavy atom. The van der Waals surface area contributed by atoms with Crippen LogP contribution in [0.1, 0.15) is 5.69 Å². The molecule has 1 aromatic heterocycles. The van der Waals surface area contributed by atoms with E-state index in [0.29, 0.717) is 27.6 Å². The lowest BCUT2D eigenvalue weighted by atomic mass is 10.1. The van der Waals surface area contributed by atoms with Crippen LogP contribution in [0.15, 0.2) is 88.8 Å². The molecule has 0 amide bonds. The van der Waals surface area contributed by atoms with E-state index in [0.717, 1.165) is 27.5 Å². The van der Waals surface area contributed by atoms with Gasteiger partial charge in [0, 0.05) is 25.5 Å². The second-order valence-electron chi connectivity index (χ2n) is 6.78. The smallest absolute Gasteiger partial charge is 0.199 e. The van der Waals surface area contributed by atoms with Gasteiger partial charge in [0.15, 0.2) is 5.96 Å². The Kier molecular flexibility index (Phi) is 7.27. The van der Waals surface area contributed by atoms with E-state index in [-0.39, 0.29) is 0 Å². The summed E-state index contributed by atoms with van der Waals surface area (Å²) in [5.74, 6) is 0.295. The largest absolute Gasteiger partial charge is 0.369 e. The van der Waals surface area contributed by atoms with Gasteiger partial charge in [0.25, 0.3) is 0 Å². The molecule has 0 saturated carbocycles. The van der Waals surface area contributed by atoms with Gasteiger partial charge >= 0.3 is 0 Å². The maximum absolute atomic E-state index is 6.06. The van der Waals surface area contributed by atoms with E-state index in [1.165, 1.54) is 11.9 Å². The molecule has 4 aromatic rings. The first-order valence-electron chi connectivity index (χ1n) is 9.57. The molecule has 0 bridgehead atoms. The molecule has 0 spiro atoms. The van der Waals surface area contributed by atoms with Crippen molar-refractivity contribution in [3.63, 3.8) is 0 Å². The Balaban J connectivity index is 1.55. The van der Waals surface area contributed by atoms with Crippen LogP contribution in [-0.4, -0.2) is 15.7 Å². The van der Waals surface area contributed by atoms with Crippen LogP contribution in [-0.2, 0) is 6.54 Å². The highest BCUT2D eigenvalue weighted by Gasteiger charge is 2.12. The number of halogens is 3. The van der Waals surface area contributed by atoms with Crippen LogP contribution in [0.2, 0.25) is 15.1 Å². The van der Waals surface area contributed by atoms with Crippen molar-refractivity contribution in [1.29, 1.82) is 0 Å². The van der Waals surface area contributed by atoms with Crippen molar-refractivity contribution in [1.82, 2.24) is 14.5 Å². The van der Waals surface area contributed by atoms with Crippen LogP contribution in [0.25, 0.3) is 16.9 Å². The summed E-state index contributed by atoms with van der Waals surface area (Å²) < 4.78 is 4.87. The first-order valence-corrected chi connectivity index (χ1v) is 11.5. The molecule has 162 valence electrons. The molecule has 4 rings (SSSR count). The third kappa shape index (κ3) is 5.78. The van der Waals surface area contributed by atoms with Crippen LogP contribution >= 0.6 is 46.8 Å². The fraction of sp³-hybridized carbons (Fsp3) is 0.0435. The first kappa shape index (κ1) is 22.6. The van der Waals surface area contributed by atoms with Gasteiger partial charge in [-0.3, -0.25) is 4.72 Å². The summed E-state index contributed by atoms with van der Waals surface area (Å²) in [5.41, 5.74) is 9.57. The zero-order valence-electron chi connectivity index (χ0n) is 16.7. The van der Waals surface area contributed by atoms with Gasteiger partial charge in [-0.2, -0.15) is 5.10 Å². The number of guanidine groups is 1. The van der Waals surface area contributed by atoms with Crippen molar-refractivity contribution >= 4 is 52.7 Å². The van der Waals surface area contributed by atoms with Gasteiger partial charge in [-0.1, -0.05) is 53.0 Å². The maximum Gasteiger partial charge on any atom is 0.199 e. The van der Waals surface area contributed by atoms with E-state index in [1.54, 1.807) is 0 Å². The number of hydrogen-bond acceptors (Lipinski definition) is 3. The molecule has 0 saturated heterocycles. The van der Waals surface area contributed by atoms with Gasteiger partial charge in [-0.05, 0) is 72.6 Å². The lowest BCUT2D eigenvalue weighted by molar-refractivity contribution is 0.837. The van der Waals surface area contributed by atoms with E-state index in [1.807, 2.05) is 83.5 Å². The molecule has 0 aliphatic rings. The van der Waals surface area contributed by atoms with Crippen LogP contribution in [0.3, 0.4) is 0 Å². The van der Waals surface area contributed by atoms with Crippen molar-refractivity contribution in [2.75, 3.05) is 0 Å². The number of benzene rings is 3. The van der Waals surface area contributed by atoms with Crippen molar-refractivity contribution in [2.45, 2.75) is 11.4 Å². The zero-order chi connectivity index (χ0) is 22.5. The van der Waals surface area contributed by atoms with Crippen molar-refractivity contribution in [3.05, 3.63) is 99.6 Å². The number of rotatable bonds is 6. The number of aliphatic imine (C=N–C) groups is 1. The molecule has 3 N–H and O–H groups in total. The van der Waals surface area contributed by atoms with Crippen LogP contribution < -0.4 is 10.5 Å². The predicted octanol–water partition coefficient (Wildman–Crippen LogP) is 6.61. The second-order valence-corrected chi connectivity index (χ2v) is 8.97. The zero-order valence-corrected chi connectivity index (χ0v) is 19.8. The topological polar surface area (TPSA) is 68.2 Å². The van der Waals surface area contributed by atoms with Gasteiger partial charge in [0.05, 0.1) is 23.6 Å². The normalized spacial score (nSPS) is 11.5. The Morgan fingerprint density at radius 3 is 2.28 bits per heavy atom. The molecule has 0 radical (unpaired) electrons. The van der Waals surface area contributed by atoms with Crippen molar-refractivity contribution in [2.24, 2.45) is 10.7 Å². The number of nitrogens with one attached hydrogen (secondary N) is 1. The second kappa shape index (κ2) is 10.3. The molecule has 0 aliphatic heterocycles. The minimum absolute atomic E-state index is 0.295. The van der Waals surface area contributed by atoms with E-state index >= 15 is 0 Å². The summed E-state index contributed by atoms with van der Waals surface area (Å²) in [6.07, 6.45) is 0. The molecule has 9 heteroatoms. The summed E-state index contributed by atoms with van der Waals surface area (Å²) in [6, 6.07) is 24.6. The highest BCUT2D eigenvalue weighted by Crippen LogP contribution is 2.26. The molecule has 0 atom stereocenters. The summed E-state index contributed by atoms with van der Waals surface area (Å²) in [7, 11) is 0. The number of aromatic nitrogens is 2. The van der Waals surface area contributed by atoms with Gasteiger partial charge in [0.1, 0.15) is 0 Å². The Hall–Kier alpha value is -2.64. The minimum atomic E-state index is 0.295. The fourth-order valence-corrected chi connectivity index (χ4v) is 4.08. The molecule has 0 fully saturated rings. The molecule has 1 heterocycles. The number of nitrogens with zero attached hydrogens (tertiary/aromatic N) is 3. The van der Waals surface area contributed by atoms with E-state index in [4.69, 9.17) is 45.6 Å². The Morgan fingerprint density at radius 2 is 1.59 bits per heavy atom. The van der Waals surface area contributed by atoms with Crippen molar-refractivity contribution in [3.8, 4) is 16.9 Å². The maximum atomic E-state index is 6.06. The molecular weight excluding hydrogens is 485 g/mol. The monoisotopic (exact) mass is 501 g/mol. The third-order valence-electron chi connectivity index (χ3n) is 4.45.